The summed E-state index contributed by atoms with van der Waals surface area (Å²) >= 11 is 0. The Hall–Kier alpha value is -0.0400. The maximum absolute atomic E-state index is 10.6. The van der Waals surface area contributed by atoms with E-state index in [0.717, 1.165) is 38.5 Å². The molecule has 1 fully saturated rings. The molecular formula is C8H17NO7P2+2. The van der Waals surface area contributed by atoms with Crippen molar-refractivity contribution in [1.82, 2.24) is 5.32 Å². The fourth-order valence-corrected chi connectivity index (χ4v) is 2.62. The second-order valence-electron chi connectivity index (χ2n) is 4.07. The highest BCUT2D eigenvalue weighted by atomic mass is 31.1. The van der Waals surface area contributed by atoms with Gasteiger partial charge in [-0.25, -0.2) is 5.32 Å². The van der Waals surface area contributed by atoms with Gasteiger partial charge >= 0.3 is 22.6 Å². The summed E-state index contributed by atoms with van der Waals surface area (Å²) in [6, 6.07) is -0.206. The monoisotopic (exact) mass is 301 g/mol. The molecule has 2 unspecified atom stereocenters. The highest BCUT2D eigenvalue weighted by Gasteiger charge is 2.49. The Morgan fingerprint density at radius 1 is 1.00 bits per heavy atom. The van der Waals surface area contributed by atoms with Crippen LogP contribution in [0.4, 0.5) is 0 Å². The van der Waals surface area contributed by atoms with Crippen LogP contribution in [0.5, 0.6) is 0 Å². The normalized spacial score (nSPS) is 23.1. The SMILES string of the molecule is O=[P+](O)OC(O)(NC1CCCCCC1)O[P+](=O)O. The van der Waals surface area contributed by atoms with Gasteiger partial charge in [-0.05, 0) is 21.9 Å². The van der Waals surface area contributed by atoms with E-state index in [1.165, 1.54) is 0 Å². The van der Waals surface area contributed by atoms with Crippen molar-refractivity contribution in [2.75, 3.05) is 0 Å². The van der Waals surface area contributed by atoms with Crippen molar-refractivity contribution in [1.29, 1.82) is 0 Å². The zero-order valence-corrected chi connectivity index (χ0v) is 11.5. The summed E-state index contributed by atoms with van der Waals surface area (Å²) in [6.45, 7) is 0. The third-order valence-corrected chi connectivity index (χ3v) is 3.45. The number of hydrogen-bond donors (Lipinski definition) is 4. The van der Waals surface area contributed by atoms with Crippen molar-refractivity contribution >= 4 is 16.5 Å². The second-order valence-corrected chi connectivity index (χ2v) is 5.39. The van der Waals surface area contributed by atoms with E-state index in [-0.39, 0.29) is 6.04 Å². The summed E-state index contributed by atoms with van der Waals surface area (Å²) in [5.74, 6) is 0. The molecule has 4 N–H and O–H groups in total. The minimum Gasteiger partial charge on any atom is -0.324 e. The highest BCUT2D eigenvalue weighted by Crippen LogP contribution is 2.32. The van der Waals surface area contributed by atoms with Gasteiger partial charge in [-0.3, -0.25) is 0 Å². The van der Waals surface area contributed by atoms with Crippen LogP contribution in [-0.4, -0.2) is 27.0 Å². The summed E-state index contributed by atoms with van der Waals surface area (Å²) in [5.41, 5.74) is 0. The molecule has 1 saturated carbocycles. The van der Waals surface area contributed by atoms with Crippen LogP contribution in [0.3, 0.4) is 0 Å². The van der Waals surface area contributed by atoms with E-state index in [1.807, 2.05) is 0 Å². The highest BCUT2D eigenvalue weighted by molar-refractivity contribution is 7.33. The predicted octanol–water partition coefficient (Wildman–Crippen LogP) is 1.23. The van der Waals surface area contributed by atoms with Gasteiger partial charge in [0.1, 0.15) is 0 Å². The summed E-state index contributed by atoms with van der Waals surface area (Å²) < 4.78 is 29.6. The minimum absolute atomic E-state index is 0.206. The van der Waals surface area contributed by atoms with Gasteiger partial charge in [0.05, 0.1) is 0 Å². The van der Waals surface area contributed by atoms with Crippen LogP contribution in [0.2, 0.25) is 0 Å². The second kappa shape index (κ2) is 7.53. The van der Waals surface area contributed by atoms with Gasteiger partial charge < -0.3 is 5.11 Å². The van der Waals surface area contributed by atoms with E-state index in [4.69, 9.17) is 9.79 Å². The number of nitrogens with one attached hydrogen (secondary N) is 1. The summed E-state index contributed by atoms with van der Waals surface area (Å²) in [7, 11) is -6.36. The molecule has 1 aliphatic carbocycles. The van der Waals surface area contributed by atoms with Gasteiger partial charge in [0, 0.05) is 15.2 Å². The molecule has 8 nitrogen and oxygen atoms in total. The molecular weight excluding hydrogens is 284 g/mol. The molecule has 0 aliphatic heterocycles. The fourth-order valence-electron chi connectivity index (χ4n) is 1.96. The average molecular weight is 301 g/mol. The summed E-state index contributed by atoms with van der Waals surface area (Å²) in [5, 5.41) is 12.2. The van der Waals surface area contributed by atoms with Crippen LogP contribution >= 0.6 is 16.5 Å². The summed E-state index contributed by atoms with van der Waals surface area (Å²) in [4.78, 5) is 17.2. The van der Waals surface area contributed by atoms with E-state index in [9.17, 15) is 14.2 Å². The van der Waals surface area contributed by atoms with Gasteiger partial charge in [-0.15, -0.1) is 9.79 Å². The van der Waals surface area contributed by atoms with Gasteiger partial charge in [-0.2, -0.15) is 0 Å². The molecule has 0 aromatic heterocycles. The van der Waals surface area contributed by atoms with Crippen LogP contribution in [0, 0.1) is 0 Å². The zero-order valence-electron chi connectivity index (χ0n) is 9.69. The van der Waals surface area contributed by atoms with Crippen molar-refractivity contribution in [3.8, 4) is 0 Å². The van der Waals surface area contributed by atoms with Crippen LogP contribution in [0.1, 0.15) is 38.5 Å². The van der Waals surface area contributed by atoms with Crippen LogP contribution in [0.15, 0.2) is 0 Å². The third kappa shape index (κ3) is 6.22. The maximum atomic E-state index is 10.6. The van der Waals surface area contributed by atoms with E-state index in [2.05, 4.69) is 14.4 Å². The first-order valence-electron chi connectivity index (χ1n) is 5.62. The lowest BCUT2D eigenvalue weighted by molar-refractivity contribution is -0.299. The Morgan fingerprint density at radius 3 is 1.83 bits per heavy atom. The molecule has 0 saturated heterocycles. The first kappa shape index (κ1) is 16.0. The Kier molecular flexibility index (Phi) is 6.70. The Labute approximate surface area is 106 Å². The quantitative estimate of drug-likeness (QED) is 0.328. The third-order valence-electron chi connectivity index (χ3n) is 2.65. The van der Waals surface area contributed by atoms with Gasteiger partial charge in [0.25, 0.3) is 0 Å². The van der Waals surface area contributed by atoms with Crippen LogP contribution in [0.25, 0.3) is 0 Å². The van der Waals surface area contributed by atoms with Crippen molar-refractivity contribution in [2.24, 2.45) is 0 Å². The first-order chi connectivity index (χ1) is 8.41. The Balaban J connectivity index is 2.63. The molecule has 0 radical (unpaired) electrons. The van der Waals surface area contributed by atoms with Crippen LogP contribution in [-0.2, 0) is 18.2 Å². The molecule has 18 heavy (non-hydrogen) atoms. The van der Waals surface area contributed by atoms with Crippen molar-refractivity contribution in [3.63, 3.8) is 0 Å². The molecule has 0 spiro atoms. The van der Waals surface area contributed by atoms with Crippen molar-refractivity contribution in [3.05, 3.63) is 0 Å². The largest absolute Gasteiger partial charge is 0.701 e. The van der Waals surface area contributed by atoms with E-state index >= 15 is 0 Å². The molecule has 104 valence electrons. The van der Waals surface area contributed by atoms with E-state index < -0.39 is 22.6 Å². The van der Waals surface area contributed by atoms with Crippen molar-refractivity contribution in [2.45, 2.75) is 50.7 Å². The van der Waals surface area contributed by atoms with Gasteiger partial charge in [0.15, 0.2) is 0 Å². The van der Waals surface area contributed by atoms with Crippen molar-refractivity contribution < 1.29 is 33.1 Å². The standard InChI is InChI=1S/C8H15NO7P2/c10-8(15-17(11)12,16-18(13)14)9-7-5-3-1-2-4-6-7/h7,9-10H,1-6H2/p+2. The number of aliphatic hydroxyl groups is 1. The van der Waals surface area contributed by atoms with E-state index in [0.29, 0.717) is 0 Å². The molecule has 10 heteroatoms. The maximum Gasteiger partial charge on any atom is 0.701 e. The molecule has 0 aromatic rings. The lowest BCUT2D eigenvalue weighted by Gasteiger charge is -2.22. The number of rotatable bonds is 6. The zero-order chi connectivity index (χ0) is 13.6. The van der Waals surface area contributed by atoms with E-state index in [1.54, 1.807) is 0 Å². The molecule has 0 heterocycles. The van der Waals surface area contributed by atoms with Crippen LogP contribution < -0.4 is 5.32 Å². The van der Waals surface area contributed by atoms with Gasteiger partial charge in [0.2, 0.25) is 0 Å². The molecule has 0 aromatic carbocycles. The molecule has 0 bridgehead atoms. The number of hydrogen-bond acceptors (Lipinski definition) is 6. The molecule has 1 rings (SSSR count). The minimum atomic E-state index is -3.18. The smallest absolute Gasteiger partial charge is 0.324 e. The topological polar surface area (TPSA) is 125 Å². The lowest BCUT2D eigenvalue weighted by atomic mass is 10.1. The molecule has 2 atom stereocenters. The molecule has 1 aliphatic rings. The van der Waals surface area contributed by atoms with Gasteiger partial charge in [-0.1, -0.05) is 25.7 Å². The molecule has 0 amide bonds. The predicted molar refractivity (Wildman–Crippen MR) is 61.4 cm³/mol. The summed E-state index contributed by atoms with van der Waals surface area (Å²) in [6.07, 6.45) is 2.73. The average Bonchev–Trinajstić information content (AvgIpc) is 2.42. The lowest BCUT2D eigenvalue weighted by Crippen LogP contribution is -2.52. The fraction of sp³-hybridized carbons (Fsp3) is 1.00. The first-order valence-corrected chi connectivity index (χ1v) is 7.88. The Bertz CT molecular complexity index is 290. The Morgan fingerprint density at radius 2 is 1.44 bits per heavy atom.